The number of carbonyl (C=O) groups excluding carboxylic acids is 2. The second-order valence-corrected chi connectivity index (χ2v) is 8.80. The molecule has 0 fully saturated rings. The molecule has 176 valence electrons. The minimum absolute atomic E-state index is 0.0115. The Balaban J connectivity index is 1.73. The van der Waals surface area contributed by atoms with Crippen molar-refractivity contribution in [1.82, 2.24) is 9.88 Å². The van der Waals surface area contributed by atoms with E-state index in [4.69, 9.17) is 9.15 Å². The molecular formula is C27H28N2O5. The van der Waals surface area contributed by atoms with Crippen molar-refractivity contribution < 1.29 is 23.8 Å². The van der Waals surface area contributed by atoms with Crippen LogP contribution in [0.25, 0.3) is 0 Å². The number of Topliss-reactive ketones (excluding diaryl/α,β-unsaturated/α-hetero) is 1. The van der Waals surface area contributed by atoms with Gasteiger partial charge in [0.1, 0.15) is 11.5 Å². The molecule has 0 bridgehead atoms. The Bertz CT molecular complexity index is 1210. The molecule has 4 rings (SSSR count). The second kappa shape index (κ2) is 9.95. The summed E-state index contributed by atoms with van der Waals surface area (Å²) in [5.74, 6) is 0.0707. The van der Waals surface area contributed by atoms with Crippen molar-refractivity contribution in [2.45, 2.75) is 39.8 Å². The number of benzene rings is 1. The highest BCUT2D eigenvalue weighted by Gasteiger charge is 2.44. The molecule has 7 nitrogen and oxygen atoms in total. The van der Waals surface area contributed by atoms with Crippen molar-refractivity contribution in [1.29, 1.82) is 0 Å². The first-order valence-corrected chi connectivity index (χ1v) is 11.3. The van der Waals surface area contributed by atoms with Crippen LogP contribution in [-0.2, 0) is 11.3 Å². The van der Waals surface area contributed by atoms with Crippen LogP contribution in [0, 0.1) is 12.8 Å². The summed E-state index contributed by atoms with van der Waals surface area (Å²) in [6, 6.07) is 13.3. The van der Waals surface area contributed by atoms with Crippen molar-refractivity contribution in [3.63, 3.8) is 0 Å². The van der Waals surface area contributed by atoms with Crippen molar-refractivity contribution >= 4 is 11.7 Å². The number of carbonyl (C=O) groups is 2. The predicted octanol–water partition coefficient (Wildman–Crippen LogP) is 5.19. The van der Waals surface area contributed by atoms with Crippen molar-refractivity contribution in [2.75, 3.05) is 6.61 Å². The molecule has 1 aliphatic heterocycles. The summed E-state index contributed by atoms with van der Waals surface area (Å²) in [7, 11) is 0. The predicted molar refractivity (Wildman–Crippen MR) is 126 cm³/mol. The summed E-state index contributed by atoms with van der Waals surface area (Å²) < 4.78 is 11.4. The number of aromatic nitrogens is 1. The van der Waals surface area contributed by atoms with Crippen LogP contribution in [0.4, 0.5) is 0 Å². The van der Waals surface area contributed by atoms with Gasteiger partial charge in [-0.3, -0.25) is 14.6 Å². The lowest BCUT2D eigenvalue weighted by atomic mass is 9.94. The standard InChI is InChI=1S/C27H28N2O5/c1-17(2)11-13-33-21-8-4-7-20(14-21)24-23(25(30)22-10-9-18(3)34-22)26(31)27(32)29(24)16-19-6-5-12-28-15-19/h4-10,12,14-15,17,24,31H,11,13,16H2,1-3H3. The fourth-order valence-corrected chi connectivity index (χ4v) is 3.96. The van der Waals surface area contributed by atoms with Crippen LogP contribution in [0.3, 0.4) is 0 Å². The molecule has 1 atom stereocenters. The van der Waals surface area contributed by atoms with Crippen molar-refractivity contribution in [2.24, 2.45) is 5.92 Å². The van der Waals surface area contributed by atoms with Crippen molar-refractivity contribution in [3.05, 3.63) is 94.9 Å². The van der Waals surface area contributed by atoms with Crippen LogP contribution >= 0.6 is 0 Å². The van der Waals surface area contributed by atoms with E-state index in [0.29, 0.717) is 29.6 Å². The normalized spacial score (nSPS) is 15.9. The summed E-state index contributed by atoms with van der Waals surface area (Å²) >= 11 is 0. The third-order valence-electron chi connectivity index (χ3n) is 5.73. The van der Waals surface area contributed by atoms with E-state index >= 15 is 0 Å². The maximum absolute atomic E-state index is 13.4. The van der Waals surface area contributed by atoms with Crippen LogP contribution in [0.15, 0.2) is 76.7 Å². The van der Waals surface area contributed by atoms with E-state index in [0.717, 1.165) is 12.0 Å². The third-order valence-corrected chi connectivity index (χ3v) is 5.73. The molecule has 7 heteroatoms. The fourth-order valence-electron chi connectivity index (χ4n) is 3.96. The van der Waals surface area contributed by atoms with Gasteiger partial charge in [0.2, 0.25) is 5.78 Å². The van der Waals surface area contributed by atoms with Gasteiger partial charge in [-0.2, -0.15) is 0 Å². The number of ether oxygens (including phenoxy) is 1. The highest BCUT2D eigenvalue weighted by Crippen LogP contribution is 2.41. The number of amides is 1. The SMILES string of the molecule is Cc1ccc(C(=O)C2=C(O)C(=O)N(Cc3cccnc3)C2c2cccc(OCCC(C)C)c2)o1. The van der Waals surface area contributed by atoms with E-state index in [-0.39, 0.29) is 17.9 Å². The van der Waals surface area contributed by atoms with Gasteiger partial charge in [-0.25, -0.2) is 0 Å². The Morgan fingerprint density at radius 1 is 1.21 bits per heavy atom. The summed E-state index contributed by atoms with van der Waals surface area (Å²) in [4.78, 5) is 32.1. The summed E-state index contributed by atoms with van der Waals surface area (Å²) in [5, 5.41) is 10.8. The zero-order chi connectivity index (χ0) is 24.2. The molecule has 1 N–H and O–H groups in total. The molecule has 1 amide bonds. The van der Waals surface area contributed by atoms with Crippen molar-refractivity contribution in [3.8, 4) is 5.75 Å². The molecule has 0 radical (unpaired) electrons. The lowest BCUT2D eigenvalue weighted by Gasteiger charge is -2.27. The van der Waals surface area contributed by atoms with Gasteiger partial charge in [0.25, 0.3) is 5.91 Å². The third kappa shape index (κ3) is 4.88. The molecular weight excluding hydrogens is 432 g/mol. The summed E-state index contributed by atoms with van der Waals surface area (Å²) in [5.41, 5.74) is 1.43. The molecule has 0 spiro atoms. The van der Waals surface area contributed by atoms with Gasteiger partial charge in [0.05, 0.1) is 18.2 Å². The first-order chi connectivity index (χ1) is 16.3. The maximum atomic E-state index is 13.4. The number of nitrogens with zero attached hydrogens (tertiary/aromatic N) is 2. The van der Waals surface area contributed by atoms with Gasteiger partial charge in [-0.05, 0) is 60.7 Å². The van der Waals surface area contributed by atoms with Crippen LogP contribution in [0.5, 0.6) is 5.75 Å². The second-order valence-electron chi connectivity index (χ2n) is 8.80. The average molecular weight is 461 g/mol. The van der Waals surface area contributed by atoms with E-state index < -0.39 is 23.5 Å². The van der Waals surface area contributed by atoms with Crippen LogP contribution in [0.2, 0.25) is 0 Å². The number of pyridine rings is 1. The Labute approximate surface area is 198 Å². The maximum Gasteiger partial charge on any atom is 0.290 e. The number of aryl methyl sites for hydroxylation is 1. The lowest BCUT2D eigenvalue weighted by molar-refractivity contribution is -0.130. The number of hydrogen-bond donors (Lipinski definition) is 1. The zero-order valence-electron chi connectivity index (χ0n) is 19.5. The Kier molecular flexibility index (Phi) is 6.82. The van der Waals surface area contributed by atoms with Gasteiger partial charge in [0, 0.05) is 18.9 Å². The minimum Gasteiger partial charge on any atom is -0.503 e. The Morgan fingerprint density at radius 3 is 2.71 bits per heavy atom. The number of ketones is 1. The molecule has 34 heavy (non-hydrogen) atoms. The van der Waals surface area contributed by atoms with Gasteiger partial charge in [-0.1, -0.05) is 32.0 Å². The summed E-state index contributed by atoms with van der Waals surface area (Å²) in [6.07, 6.45) is 4.21. The van der Waals surface area contributed by atoms with E-state index in [1.165, 1.54) is 4.90 Å². The van der Waals surface area contributed by atoms with Gasteiger partial charge >= 0.3 is 0 Å². The largest absolute Gasteiger partial charge is 0.503 e. The van der Waals surface area contributed by atoms with E-state index in [9.17, 15) is 14.7 Å². The average Bonchev–Trinajstić information content (AvgIpc) is 3.36. The number of rotatable bonds is 9. The summed E-state index contributed by atoms with van der Waals surface area (Å²) in [6.45, 7) is 6.72. The molecule has 0 aliphatic carbocycles. The van der Waals surface area contributed by atoms with E-state index in [2.05, 4.69) is 18.8 Å². The molecule has 1 unspecified atom stereocenters. The number of aliphatic hydroxyl groups is 1. The molecule has 3 heterocycles. The number of hydrogen-bond acceptors (Lipinski definition) is 6. The fraction of sp³-hybridized carbons (Fsp3) is 0.296. The highest BCUT2D eigenvalue weighted by molar-refractivity contribution is 6.15. The first-order valence-electron chi connectivity index (χ1n) is 11.3. The molecule has 1 aliphatic rings. The topological polar surface area (TPSA) is 92.9 Å². The van der Waals surface area contributed by atoms with Crippen LogP contribution < -0.4 is 4.74 Å². The highest BCUT2D eigenvalue weighted by atomic mass is 16.5. The van der Waals surface area contributed by atoms with Gasteiger partial charge < -0.3 is 19.2 Å². The quantitative estimate of drug-likeness (QED) is 0.442. The molecule has 0 saturated carbocycles. The number of aliphatic hydroxyl groups excluding tert-OH is 1. The molecule has 2 aromatic heterocycles. The zero-order valence-corrected chi connectivity index (χ0v) is 19.5. The monoisotopic (exact) mass is 460 g/mol. The van der Waals surface area contributed by atoms with Gasteiger partial charge in [0.15, 0.2) is 11.5 Å². The molecule has 3 aromatic rings. The van der Waals surface area contributed by atoms with E-state index in [1.54, 1.807) is 37.5 Å². The molecule has 0 saturated heterocycles. The lowest BCUT2D eigenvalue weighted by Crippen LogP contribution is -2.30. The van der Waals surface area contributed by atoms with Crippen LogP contribution in [0.1, 0.15) is 53.8 Å². The number of furan rings is 1. The molecule has 1 aromatic carbocycles. The smallest absolute Gasteiger partial charge is 0.290 e. The minimum atomic E-state index is -0.806. The van der Waals surface area contributed by atoms with Crippen LogP contribution in [-0.4, -0.2) is 33.3 Å². The first kappa shape index (κ1) is 23.3. The Morgan fingerprint density at radius 2 is 2.03 bits per heavy atom. The Hall–Kier alpha value is -3.87. The van der Waals surface area contributed by atoms with E-state index in [1.807, 2.05) is 30.3 Å². The van der Waals surface area contributed by atoms with Gasteiger partial charge in [-0.15, -0.1) is 0 Å².